The van der Waals surface area contributed by atoms with E-state index in [-0.39, 0.29) is 16.4 Å². The molecule has 4 heteroatoms. The van der Waals surface area contributed by atoms with E-state index in [9.17, 15) is 4.79 Å². The fraction of sp³-hybridized carbons (Fsp3) is 0.783. The summed E-state index contributed by atoms with van der Waals surface area (Å²) in [4.78, 5) is 13.3. The molecule has 0 fully saturated rings. The molecule has 153 valence electrons. The van der Waals surface area contributed by atoms with Crippen LogP contribution in [-0.4, -0.2) is 14.7 Å². The average molecular weight is 555 g/mol. The topological polar surface area (TPSA) is 29.1 Å². The van der Waals surface area contributed by atoms with Crippen LogP contribution in [0.5, 0.6) is 0 Å². The number of rotatable bonds is 12. The van der Waals surface area contributed by atoms with Crippen molar-refractivity contribution < 1.29 is 29.5 Å². The molecule has 2 nitrogen and oxygen atoms in total. The van der Waals surface area contributed by atoms with Crippen LogP contribution in [-0.2, 0) is 29.5 Å². The minimum absolute atomic E-state index is 0.0733. The SMILES string of the molecule is CCCCCCCCC(C)([SiH](C)C)C(C)(C)C(C)(C(=O)[NH][Hf])C1=CC=CC1. The zero-order chi connectivity index (χ0) is 20.7. The van der Waals surface area contributed by atoms with Gasteiger partial charge in [-0.3, -0.25) is 0 Å². The Labute approximate surface area is 185 Å². The van der Waals surface area contributed by atoms with Crippen molar-refractivity contribution in [2.45, 2.75) is 104 Å². The molecule has 0 heterocycles. The van der Waals surface area contributed by atoms with E-state index >= 15 is 0 Å². The van der Waals surface area contributed by atoms with Gasteiger partial charge in [0, 0.05) is 0 Å². The maximum absolute atomic E-state index is 13.3. The molecule has 0 aromatic rings. The van der Waals surface area contributed by atoms with Gasteiger partial charge >= 0.3 is 179 Å². The van der Waals surface area contributed by atoms with E-state index in [1.807, 2.05) is 0 Å². The second-order valence-corrected chi connectivity index (χ2v) is 14.1. The van der Waals surface area contributed by atoms with Crippen LogP contribution < -0.4 is 3.30 Å². The molecule has 1 N–H and O–H groups in total. The monoisotopic (exact) mass is 556 g/mol. The fourth-order valence-corrected chi connectivity index (χ4v) is 8.35. The summed E-state index contributed by atoms with van der Waals surface area (Å²) in [6, 6.07) is 0. The number of hydrogen-bond donors (Lipinski definition) is 1. The summed E-state index contributed by atoms with van der Waals surface area (Å²) in [5.74, 6) is 0.234. The van der Waals surface area contributed by atoms with Crippen LogP contribution in [0.4, 0.5) is 0 Å². The van der Waals surface area contributed by atoms with Gasteiger partial charge in [0.2, 0.25) is 0 Å². The van der Waals surface area contributed by atoms with E-state index in [1.165, 1.54) is 50.5 Å². The van der Waals surface area contributed by atoms with Crippen LogP contribution in [0.15, 0.2) is 23.8 Å². The van der Waals surface area contributed by atoms with Crippen molar-refractivity contribution in [3.05, 3.63) is 23.8 Å². The molecule has 27 heavy (non-hydrogen) atoms. The summed E-state index contributed by atoms with van der Waals surface area (Å²) in [7, 11) is -1.00. The molecule has 1 aliphatic rings. The third kappa shape index (κ3) is 5.15. The first kappa shape index (κ1) is 25.1. The van der Waals surface area contributed by atoms with Crippen LogP contribution in [0.3, 0.4) is 0 Å². The minimum atomic E-state index is -1.00. The third-order valence-corrected chi connectivity index (χ3v) is 12.4. The number of unbranched alkanes of at least 4 members (excludes halogenated alkanes) is 5. The van der Waals surface area contributed by atoms with Gasteiger partial charge in [-0.25, -0.2) is 0 Å². The molecule has 2 atom stereocenters. The van der Waals surface area contributed by atoms with Gasteiger partial charge in [0.25, 0.3) is 0 Å². The Kier molecular flexibility index (Phi) is 9.95. The normalized spacial score (nSPS) is 18.9. The Balaban J connectivity index is 3.11. The van der Waals surface area contributed by atoms with E-state index in [0.29, 0.717) is 24.7 Å². The zero-order valence-corrected chi connectivity index (χ0v) is 23.6. The van der Waals surface area contributed by atoms with Crippen LogP contribution in [0.25, 0.3) is 0 Å². The van der Waals surface area contributed by atoms with E-state index in [1.54, 1.807) is 0 Å². The first-order chi connectivity index (χ1) is 12.6. The number of hydrogen-bond acceptors (Lipinski definition) is 1. The zero-order valence-electron chi connectivity index (χ0n) is 18.9. The molecule has 0 saturated heterocycles. The van der Waals surface area contributed by atoms with Crippen LogP contribution in [0.2, 0.25) is 18.1 Å². The summed E-state index contributed by atoms with van der Waals surface area (Å²) in [6.45, 7) is 16.7. The standard InChI is InChI=1S/C23H43NOSi.Hf/c1-8-9-10-11-12-15-18-22(4,26(6)7)21(2,3)23(5,20(24)25)19-16-13-14-17-19;/h13-14,16,26H,8-12,15,17-18H2,1-7H3,(H2,24,25);/q;+1/p-1. The Morgan fingerprint density at radius 3 is 2.19 bits per heavy atom. The number of amides is 1. The molecule has 0 radical (unpaired) electrons. The summed E-state index contributed by atoms with van der Waals surface area (Å²) in [5, 5.41) is 0.240. The molecule has 1 amide bonds. The van der Waals surface area contributed by atoms with Crippen LogP contribution in [0, 0.1) is 10.8 Å². The summed E-state index contributed by atoms with van der Waals surface area (Å²) in [5.41, 5.74) is 0.785. The predicted octanol–water partition coefficient (Wildman–Crippen LogP) is 6.48. The van der Waals surface area contributed by atoms with Crippen molar-refractivity contribution in [1.29, 1.82) is 0 Å². The maximum atomic E-state index is 13.3. The van der Waals surface area contributed by atoms with Gasteiger partial charge in [0.1, 0.15) is 0 Å². The number of nitrogens with one attached hydrogen (secondary N) is 1. The van der Waals surface area contributed by atoms with Crippen molar-refractivity contribution in [1.82, 2.24) is 3.30 Å². The quantitative estimate of drug-likeness (QED) is 0.217. The van der Waals surface area contributed by atoms with E-state index in [2.05, 4.69) is 69.2 Å². The molecule has 0 aromatic carbocycles. The van der Waals surface area contributed by atoms with Gasteiger partial charge in [0.15, 0.2) is 0 Å². The van der Waals surface area contributed by atoms with Crippen LogP contribution >= 0.6 is 0 Å². The Hall–Kier alpha value is 0.0370. The molecule has 0 saturated carbocycles. The molecule has 2 unspecified atom stereocenters. The van der Waals surface area contributed by atoms with Crippen molar-refractivity contribution >= 4 is 14.7 Å². The first-order valence-electron chi connectivity index (χ1n) is 10.9. The molecule has 0 aromatic heterocycles. The third-order valence-electron chi connectivity index (χ3n) is 7.98. The molecule has 0 aliphatic heterocycles. The van der Waals surface area contributed by atoms with E-state index in [0.717, 1.165) is 6.42 Å². The van der Waals surface area contributed by atoms with E-state index < -0.39 is 14.2 Å². The van der Waals surface area contributed by atoms with Gasteiger partial charge in [0.05, 0.1) is 0 Å². The summed E-state index contributed by atoms with van der Waals surface area (Å²) in [6.07, 6.45) is 16.7. The number of allylic oxidation sites excluding steroid dienone is 3. The van der Waals surface area contributed by atoms with Crippen molar-refractivity contribution in [3.63, 3.8) is 0 Å². The second-order valence-electron chi connectivity index (χ2n) is 9.62. The van der Waals surface area contributed by atoms with Crippen molar-refractivity contribution in [2.75, 3.05) is 0 Å². The molecule has 0 spiro atoms. The molecule has 1 aliphatic carbocycles. The fourth-order valence-electron chi connectivity index (χ4n) is 4.94. The van der Waals surface area contributed by atoms with Crippen LogP contribution in [0.1, 0.15) is 86.0 Å². The summed E-state index contributed by atoms with van der Waals surface area (Å²) < 4.78 is 3.14. The van der Waals surface area contributed by atoms with Gasteiger partial charge in [-0.15, -0.1) is 0 Å². The molecular weight excluding hydrogens is 513 g/mol. The Morgan fingerprint density at radius 2 is 1.70 bits per heavy atom. The number of carbonyl (C=O) groups is 1. The predicted molar refractivity (Wildman–Crippen MR) is 117 cm³/mol. The number of carbonyl (C=O) groups excluding carboxylic acids is 1. The summed E-state index contributed by atoms with van der Waals surface area (Å²) >= 11 is 0.710. The second kappa shape index (κ2) is 10.7. The molecular formula is C23H42HfNOSi. The van der Waals surface area contributed by atoms with E-state index in [4.69, 9.17) is 0 Å². The Bertz CT molecular complexity index is 555. The van der Waals surface area contributed by atoms with Gasteiger partial charge in [-0.1, -0.05) is 6.92 Å². The van der Waals surface area contributed by atoms with Gasteiger partial charge in [-0.2, -0.15) is 0 Å². The van der Waals surface area contributed by atoms with Gasteiger partial charge < -0.3 is 0 Å². The van der Waals surface area contributed by atoms with Crippen molar-refractivity contribution in [3.8, 4) is 0 Å². The molecule has 1 rings (SSSR count). The van der Waals surface area contributed by atoms with Gasteiger partial charge in [-0.05, 0) is 0 Å². The van der Waals surface area contributed by atoms with Crippen molar-refractivity contribution in [2.24, 2.45) is 10.8 Å². The Morgan fingerprint density at radius 1 is 1.11 bits per heavy atom. The molecule has 0 bridgehead atoms. The first-order valence-corrected chi connectivity index (χ1v) is 15.6. The average Bonchev–Trinajstić information content (AvgIpc) is 3.17.